The highest BCUT2D eigenvalue weighted by molar-refractivity contribution is 9.10. The zero-order valence-electron chi connectivity index (χ0n) is 21.6. The van der Waals surface area contributed by atoms with Gasteiger partial charge >= 0.3 is 0 Å². The molecule has 0 saturated carbocycles. The van der Waals surface area contributed by atoms with Gasteiger partial charge in [-0.25, -0.2) is 13.8 Å². The third-order valence-electron chi connectivity index (χ3n) is 7.89. The van der Waals surface area contributed by atoms with Crippen LogP contribution in [0.5, 0.6) is 0 Å². The van der Waals surface area contributed by atoms with E-state index in [0.29, 0.717) is 40.1 Å². The molecular formula is C29H26BrF2N5O2. The Bertz CT molecular complexity index is 1610. The van der Waals surface area contributed by atoms with Gasteiger partial charge in [0.15, 0.2) is 0 Å². The number of fused-ring (bicyclic) bond motifs is 5. The van der Waals surface area contributed by atoms with Gasteiger partial charge < -0.3 is 14.4 Å². The maximum absolute atomic E-state index is 13.8. The molecule has 0 unspecified atom stereocenters. The monoisotopic (exact) mass is 593 g/mol. The van der Waals surface area contributed by atoms with Crippen LogP contribution in [0.3, 0.4) is 0 Å². The van der Waals surface area contributed by atoms with Crippen molar-refractivity contribution in [2.75, 3.05) is 29.9 Å². The molecule has 200 valence electrons. The number of aryl methyl sites for hydroxylation is 1. The van der Waals surface area contributed by atoms with E-state index in [2.05, 4.69) is 27.8 Å². The molecule has 2 aliphatic rings. The van der Waals surface area contributed by atoms with Gasteiger partial charge in [0.25, 0.3) is 11.5 Å². The zero-order valence-corrected chi connectivity index (χ0v) is 23.2. The van der Waals surface area contributed by atoms with Crippen molar-refractivity contribution in [2.24, 2.45) is 7.05 Å². The maximum Gasteiger partial charge on any atom is 0.277 e. The standard InChI is InChI=1S/C29H26BrF2N5O2/c1-16-14-37-22(15-36(16)25(17-4-8-19(31)9-5-17)18-6-10-20(32)11-7-18)28(38)35(3)27-26(37)24-21(34(2)29(27)39)12-13-23(30)33-24/h4-13,16,22,25H,14-15H2,1-3H3/t16-,22-/m1/s1. The highest BCUT2D eigenvalue weighted by atomic mass is 79.9. The van der Waals surface area contributed by atoms with Crippen molar-refractivity contribution in [3.05, 3.63) is 98.4 Å². The molecule has 6 rings (SSSR count). The summed E-state index contributed by atoms with van der Waals surface area (Å²) >= 11 is 3.46. The summed E-state index contributed by atoms with van der Waals surface area (Å²) < 4.78 is 29.8. The molecule has 2 aromatic carbocycles. The molecule has 0 radical (unpaired) electrons. The number of benzene rings is 2. The summed E-state index contributed by atoms with van der Waals surface area (Å²) in [5.41, 5.74) is 3.69. The van der Waals surface area contributed by atoms with Crippen molar-refractivity contribution in [1.82, 2.24) is 14.5 Å². The maximum atomic E-state index is 13.8. The Hall–Kier alpha value is -3.63. The van der Waals surface area contributed by atoms with Crippen LogP contribution < -0.4 is 15.4 Å². The summed E-state index contributed by atoms with van der Waals surface area (Å²) in [6.45, 7) is 2.85. The van der Waals surface area contributed by atoms with Crippen LogP contribution in [0, 0.1) is 11.6 Å². The van der Waals surface area contributed by atoms with Gasteiger partial charge in [-0.05, 0) is 70.4 Å². The van der Waals surface area contributed by atoms with E-state index in [-0.39, 0.29) is 35.2 Å². The number of hydrogen-bond acceptors (Lipinski definition) is 5. The van der Waals surface area contributed by atoms with Gasteiger partial charge in [-0.15, -0.1) is 0 Å². The average molecular weight is 594 g/mol. The van der Waals surface area contributed by atoms with Crippen molar-refractivity contribution in [1.29, 1.82) is 0 Å². The second kappa shape index (κ2) is 9.53. The summed E-state index contributed by atoms with van der Waals surface area (Å²) in [5.74, 6) is -0.882. The highest BCUT2D eigenvalue weighted by Gasteiger charge is 2.46. The Morgan fingerprint density at radius 2 is 1.46 bits per heavy atom. The molecule has 1 fully saturated rings. The van der Waals surface area contributed by atoms with Gasteiger partial charge in [-0.2, -0.15) is 0 Å². The Kier molecular flexibility index (Phi) is 6.27. The Morgan fingerprint density at radius 3 is 2.05 bits per heavy atom. The lowest BCUT2D eigenvalue weighted by Gasteiger charge is -2.51. The van der Waals surface area contributed by atoms with E-state index in [1.54, 1.807) is 44.4 Å². The summed E-state index contributed by atoms with van der Waals surface area (Å²) in [6.07, 6.45) is 0. The number of halogens is 3. The molecule has 10 heteroatoms. The fourth-order valence-corrected chi connectivity index (χ4v) is 6.25. The number of aromatic nitrogens is 2. The van der Waals surface area contributed by atoms with Crippen LogP contribution in [0.15, 0.2) is 70.1 Å². The minimum absolute atomic E-state index is 0.0864. The van der Waals surface area contributed by atoms with E-state index >= 15 is 0 Å². The van der Waals surface area contributed by atoms with E-state index < -0.39 is 6.04 Å². The number of carbonyl (C=O) groups excluding carboxylic acids is 1. The van der Waals surface area contributed by atoms with Gasteiger partial charge in [-0.1, -0.05) is 24.3 Å². The fraction of sp³-hybridized carbons (Fsp3) is 0.276. The van der Waals surface area contributed by atoms with Crippen molar-refractivity contribution in [3.63, 3.8) is 0 Å². The van der Waals surface area contributed by atoms with Gasteiger partial charge in [0.05, 0.1) is 17.2 Å². The summed E-state index contributed by atoms with van der Waals surface area (Å²) in [4.78, 5) is 37.6. The zero-order chi connectivity index (χ0) is 27.6. The van der Waals surface area contributed by atoms with Crippen LogP contribution in [0.2, 0.25) is 0 Å². The van der Waals surface area contributed by atoms with Crippen LogP contribution in [0.4, 0.5) is 20.2 Å². The number of carbonyl (C=O) groups is 1. The molecule has 39 heavy (non-hydrogen) atoms. The van der Waals surface area contributed by atoms with E-state index in [4.69, 9.17) is 4.98 Å². The van der Waals surface area contributed by atoms with Crippen LogP contribution in [-0.2, 0) is 11.8 Å². The van der Waals surface area contributed by atoms with Crippen molar-refractivity contribution < 1.29 is 13.6 Å². The number of amides is 1. The van der Waals surface area contributed by atoms with Crippen molar-refractivity contribution in [3.8, 4) is 0 Å². The quantitative estimate of drug-likeness (QED) is 0.324. The van der Waals surface area contributed by atoms with Gasteiger partial charge in [0, 0.05) is 33.2 Å². The molecule has 1 saturated heterocycles. The minimum atomic E-state index is -0.585. The first-order chi connectivity index (χ1) is 18.7. The minimum Gasteiger partial charge on any atom is -0.353 e. The van der Waals surface area contributed by atoms with Crippen LogP contribution in [-0.4, -0.2) is 52.6 Å². The first-order valence-corrected chi connectivity index (χ1v) is 13.4. The SMILES string of the molecule is C[C@@H]1CN2c3c(c(=O)n(C)c4ccc(Br)nc34)N(C)C(=O)[C@H]2CN1C(c1ccc(F)cc1)c1ccc(F)cc1. The Balaban J connectivity index is 1.49. The molecule has 1 amide bonds. The number of pyridine rings is 2. The number of likely N-dealkylation sites (N-methyl/N-ethyl adjacent to an activating group) is 1. The van der Waals surface area contributed by atoms with E-state index in [1.807, 2.05) is 11.0 Å². The summed E-state index contributed by atoms with van der Waals surface area (Å²) in [7, 11) is 3.31. The van der Waals surface area contributed by atoms with Crippen molar-refractivity contribution >= 4 is 44.2 Å². The Morgan fingerprint density at radius 1 is 0.872 bits per heavy atom. The van der Waals surface area contributed by atoms with E-state index in [1.165, 1.54) is 33.7 Å². The fourth-order valence-electron chi connectivity index (χ4n) is 5.94. The third-order valence-corrected chi connectivity index (χ3v) is 8.33. The van der Waals surface area contributed by atoms with Gasteiger partial charge in [0.2, 0.25) is 0 Å². The highest BCUT2D eigenvalue weighted by Crippen LogP contribution is 2.42. The first kappa shape index (κ1) is 25.6. The molecule has 2 aromatic heterocycles. The molecule has 4 heterocycles. The smallest absolute Gasteiger partial charge is 0.277 e. The summed E-state index contributed by atoms with van der Waals surface area (Å²) in [6, 6.07) is 15.2. The predicted octanol–water partition coefficient (Wildman–Crippen LogP) is 4.62. The largest absolute Gasteiger partial charge is 0.353 e. The normalized spacial score (nSPS) is 19.5. The lowest BCUT2D eigenvalue weighted by Crippen LogP contribution is -2.66. The molecular weight excluding hydrogens is 568 g/mol. The molecule has 2 aliphatic heterocycles. The number of piperazine rings is 1. The second-order valence-corrected chi connectivity index (χ2v) is 11.0. The third kappa shape index (κ3) is 4.13. The number of hydrogen-bond donors (Lipinski definition) is 0. The van der Waals surface area contributed by atoms with Crippen LogP contribution in [0.25, 0.3) is 11.0 Å². The van der Waals surface area contributed by atoms with Crippen molar-refractivity contribution in [2.45, 2.75) is 25.0 Å². The molecule has 2 atom stereocenters. The second-order valence-electron chi connectivity index (χ2n) is 10.2. The van der Waals surface area contributed by atoms with Gasteiger partial charge in [-0.3, -0.25) is 14.5 Å². The number of nitrogens with zero attached hydrogens (tertiary/aromatic N) is 5. The molecule has 0 spiro atoms. The summed E-state index contributed by atoms with van der Waals surface area (Å²) in [5, 5.41) is 0. The van der Waals surface area contributed by atoms with E-state index in [0.717, 1.165) is 11.1 Å². The molecule has 0 bridgehead atoms. The lowest BCUT2D eigenvalue weighted by molar-refractivity contribution is -0.121. The number of anilines is 2. The number of rotatable bonds is 3. The lowest BCUT2D eigenvalue weighted by atomic mass is 9.92. The average Bonchev–Trinajstić information content (AvgIpc) is 2.92. The van der Waals surface area contributed by atoms with E-state index in [9.17, 15) is 18.4 Å². The topological polar surface area (TPSA) is 61.7 Å². The molecule has 7 nitrogen and oxygen atoms in total. The first-order valence-electron chi connectivity index (χ1n) is 12.7. The van der Waals surface area contributed by atoms with Crippen LogP contribution >= 0.6 is 15.9 Å². The molecule has 4 aromatic rings. The molecule has 0 N–H and O–H groups in total. The van der Waals surface area contributed by atoms with Crippen LogP contribution in [0.1, 0.15) is 24.1 Å². The van der Waals surface area contributed by atoms with Gasteiger partial charge in [0.1, 0.15) is 33.5 Å². The predicted molar refractivity (Wildman–Crippen MR) is 150 cm³/mol. The molecule has 0 aliphatic carbocycles. The Labute approximate surface area is 232 Å².